The molecule has 2 N–H and O–H groups in total. The number of amides is 2. The Morgan fingerprint density at radius 1 is 1.20 bits per heavy atom. The lowest BCUT2D eigenvalue weighted by molar-refractivity contribution is -0.123. The molecule has 2 aromatic carbocycles. The molecule has 0 spiro atoms. The van der Waals surface area contributed by atoms with Gasteiger partial charge in [-0.05, 0) is 61.7 Å². The largest absolute Gasteiger partial charge is 0.484 e. The molecule has 2 aromatic rings. The molecule has 35 heavy (non-hydrogen) atoms. The molecular formula is C24H30N4O6S. The van der Waals surface area contributed by atoms with Gasteiger partial charge in [0.25, 0.3) is 11.8 Å². The van der Waals surface area contributed by atoms with E-state index in [0.29, 0.717) is 23.5 Å². The molecule has 0 unspecified atom stereocenters. The monoisotopic (exact) mass is 502 g/mol. The van der Waals surface area contributed by atoms with E-state index in [0.717, 1.165) is 30.0 Å². The normalized spacial score (nSPS) is 16.6. The molecule has 1 aliphatic rings. The molecule has 1 saturated heterocycles. The van der Waals surface area contributed by atoms with E-state index in [1.165, 1.54) is 13.1 Å². The Bertz CT molecular complexity index is 1120. The third-order valence-corrected chi connectivity index (χ3v) is 6.53. The summed E-state index contributed by atoms with van der Waals surface area (Å²) < 4.78 is 36.5. The fourth-order valence-corrected chi connectivity index (χ4v) is 4.71. The van der Waals surface area contributed by atoms with E-state index < -0.39 is 22.0 Å². The molecule has 0 radical (unpaired) electrons. The van der Waals surface area contributed by atoms with E-state index in [2.05, 4.69) is 15.8 Å². The van der Waals surface area contributed by atoms with Gasteiger partial charge in [0.05, 0.1) is 24.3 Å². The highest BCUT2D eigenvalue weighted by atomic mass is 32.2. The second-order valence-corrected chi connectivity index (χ2v) is 9.96. The van der Waals surface area contributed by atoms with Gasteiger partial charge in [0.15, 0.2) is 6.61 Å². The van der Waals surface area contributed by atoms with Crippen molar-refractivity contribution in [1.82, 2.24) is 10.7 Å². The molecule has 1 aliphatic heterocycles. The van der Waals surface area contributed by atoms with Gasteiger partial charge in [0.2, 0.25) is 10.0 Å². The van der Waals surface area contributed by atoms with Crippen molar-refractivity contribution in [1.29, 1.82) is 0 Å². The van der Waals surface area contributed by atoms with Crippen molar-refractivity contribution >= 4 is 33.7 Å². The number of hydrogen-bond acceptors (Lipinski definition) is 7. The van der Waals surface area contributed by atoms with Crippen LogP contribution >= 0.6 is 0 Å². The number of nitrogens with zero attached hydrogens (tertiary/aromatic N) is 2. The minimum Gasteiger partial charge on any atom is -0.484 e. The average Bonchev–Trinajstić information content (AvgIpc) is 3.36. The van der Waals surface area contributed by atoms with Crippen LogP contribution in [-0.2, 0) is 24.3 Å². The number of hydrogen-bond donors (Lipinski definition) is 2. The maximum Gasteiger partial charge on any atom is 0.263 e. The van der Waals surface area contributed by atoms with E-state index in [9.17, 15) is 18.0 Å². The van der Waals surface area contributed by atoms with Crippen LogP contribution in [-0.4, -0.2) is 64.6 Å². The van der Waals surface area contributed by atoms with Crippen LogP contribution in [0.3, 0.4) is 0 Å². The zero-order chi connectivity index (χ0) is 25.3. The SMILES string of the molecule is C[C@@H](C(=O)N/N=C\c1ccc(OCC(=O)NC[C@@H]2CCCO2)cc1)N(c1ccccc1)S(C)(=O)=O. The van der Waals surface area contributed by atoms with Gasteiger partial charge >= 0.3 is 0 Å². The maximum absolute atomic E-state index is 12.5. The van der Waals surface area contributed by atoms with Gasteiger partial charge in [-0.15, -0.1) is 0 Å². The molecule has 1 fully saturated rings. The molecule has 11 heteroatoms. The van der Waals surface area contributed by atoms with Crippen LogP contribution in [0.15, 0.2) is 59.7 Å². The van der Waals surface area contributed by atoms with Crippen LogP contribution in [0, 0.1) is 0 Å². The number of nitrogens with one attached hydrogen (secondary N) is 2. The van der Waals surface area contributed by atoms with Crippen molar-refractivity contribution in [2.75, 3.05) is 30.3 Å². The minimum absolute atomic E-state index is 0.0776. The first-order chi connectivity index (χ1) is 16.7. The summed E-state index contributed by atoms with van der Waals surface area (Å²) in [5.41, 5.74) is 3.44. The smallest absolute Gasteiger partial charge is 0.263 e. The summed E-state index contributed by atoms with van der Waals surface area (Å²) in [4.78, 5) is 24.4. The van der Waals surface area contributed by atoms with E-state index in [4.69, 9.17) is 9.47 Å². The van der Waals surface area contributed by atoms with Gasteiger partial charge in [-0.2, -0.15) is 5.10 Å². The number of anilines is 1. The van der Waals surface area contributed by atoms with Gasteiger partial charge in [-0.25, -0.2) is 13.8 Å². The number of sulfonamides is 1. The Morgan fingerprint density at radius 2 is 1.91 bits per heavy atom. The van der Waals surface area contributed by atoms with Gasteiger partial charge in [-0.1, -0.05) is 18.2 Å². The van der Waals surface area contributed by atoms with Crippen LogP contribution in [0.1, 0.15) is 25.3 Å². The highest BCUT2D eigenvalue weighted by Crippen LogP contribution is 2.20. The summed E-state index contributed by atoms with van der Waals surface area (Å²) in [7, 11) is -3.69. The fourth-order valence-electron chi connectivity index (χ4n) is 3.53. The second-order valence-electron chi connectivity index (χ2n) is 8.10. The maximum atomic E-state index is 12.5. The summed E-state index contributed by atoms with van der Waals surface area (Å²) in [5, 5.41) is 6.71. The molecule has 1 heterocycles. The summed E-state index contributed by atoms with van der Waals surface area (Å²) in [6.07, 6.45) is 4.52. The number of ether oxygens (including phenoxy) is 2. The highest BCUT2D eigenvalue weighted by Gasteiger charge is 2.28. The van der Waals surface area contributed by atoms with Crippen molar-refractivity contribution in [2.45, 2.75) is 31.9 Å². The first kappa shape index (κ1) is 26.2. The number of benzene rings is 2. The lowest BCUT2D eigenvalue weighted by Gasteiger charge is -2.27. The van der Waals surface area contributed by atoms with Crippen molar-refractivity contribution in [2.24, 2.45) is 5.10 Å². The molecular weight excluding hydrogens is 472 g/mol. The molecule has 0 bridgehead atoms. The first-order valence-corrected chi connectivity index (χ1v) is 13.1. The number of carbonyl (C=O) groups excluding carboxylic acids is 2. The molecule has 0 aliphatic carbocycles. The van der Waals surface area contributed by atoms with E-state index >= 15 is 0 Å². The zero-order valence-corrected chi connectivity index (χ0v) is 20.5. The number of para-hydroxylation sites is 1. The van der Waals surface area contributed by atoms with E-state index in [1.54, 1.807) is 54.6 Å². The third kappa shape index (κ3) is 8.08. The second kappa shape index (κ2) is 12.3. The zero-order valence-electron chi connectivity index (χ0n) is 19.7. The van der Waals surface area contributed by atoms with Crippen LogP contribution in [0.25, 0.3) is 0 Å². The number of carbonyl (C=O) groups is 2. The first-order valence-electron chi connectivity index (χ1n) is 11.2. The highest BCUT2D eigenvalue weighted by molar-refractivity contribution is 7.92. The molecule has 2 atom stereocenters. The van der Waals surface area contributed by atoms with Crippen molar-refractivity contribution in [3.05, 3.63) is 60.2 Å². The van der Waals surface area contributed by atoms with Gasteiger partial charge in [0, 0.05) is 13.2 Å². The Labute approximate surface area is 205 Å². The van der Waals surface area contributed by atoms with Gasteiger partial charge < -0.3 is 14.8 Å². The lowest BCUT2D eigenvalue weighted by atomic mass is 10.2. The lowest BCUT2D eigenvalue weighted by Crippen LogP contribution is -2.46. The van der Waals surface area contributed by atoms with Gasteiger partial charge in [0.1, 0.15) is 11.8 Å². The quantitative estimate of drug-likeness (QED) is 0.356. The van der Waals surface area contributed by atoms with Gasteiger partial charge in [-0.3, -0.25) is 13.9 Å². The minimum atomic E-state index is -3.69. The molecule has 3 rings (SSSR count). The predicted octanol–water partition coefficient (Wildman–Crippen LogP) is 1.67. The van der Waals surface area contributed by atoms with Crippen LogP contribution in [0.4, 0.5) is 5.69 Å². The molecule has 10 nitrogen and oxygen atoms in total. The van der Waals surface area contributed by atoms with Crippen LogP contribution < -0.4 is 19.8 Å². The van der Waals surface area contributed by atoms with E-state index in [1.807, 2.05) is 0 Å². The summed E-state index contributed by atoms with van der Waals surface area (Å²) >= 11 is 0. The Kier molecular flexibility index (Phi) is 9.21. The van der Waals surface area contributed by atoms with Crippen molar-refractivity contribution in [3.8, 4) is 5.75 Å². The standard InChI is InChI=1S/C24H30N4O6S/c1-18(28(35(2,31)32)20-7-4-3-5-8-20)24(30)27-26-15-19-10-12-21(13-11-19)34-17-23(29)25-16-22-9-6-14-33-22/h3-5,7-8,10-13,15,18,22H,6,9,14,16-17H2,1-2H3,(H,25,29)(H,27,30)/b26-15-/t18-,22-/m0/s1. The Balaban J connectivity index is 1.48. The molecule has 0 saturated carbocycles. The van der Waals surface area contributed by atoms with Crippen LogP contribution in [0.2, 0.25) is 0 Å². The summed E-state index contributed by atoms with van der Waals surface area (Å²) in [6, 6.07) is 14.2. The predicted molar refractivity (Wildman–Crippen MR) is 133 cm³/mol. The molecule has 2 amide bonds. The summed E-state index contributed by atoms with van der Waals surface area (Å²) in [6.45, 7) is 2.60. The molecule has 188 valence electrons. The third-order valence-electron chi connectivity index (χ3n) is 5.29. The molecule has 0 aromatic heterocycles. The topological polar surface area (TPSA) is 126 Å². The summed E-state index contributed by atoms with van der Waals surface area (Å²) in [5.74, 6) is -0.287. The fraction of sp³-hybridized carbons (Fsp3) is 0.375. The van der Waals surface area contributed by atoms with Crippen LogP contribution in [0.5, 0.6) is 5.75 Å². The van der Waals surface area contributed by atoms with Crippen molar-refractivity contribution in [3.63, 3.8) is 0 Å². The number of hydrazone groups is 1. The Morgan fingerprint density at radius 3 is 2.54 bits per heavy atom. The average molecular weight is 503 g/mol. The van der Waals surface area contributed by atoms with E-state index in [-0.39, 0.29) is 18.6 Å². The van der Waals surface area contributed by atoms with Crippen molar-refractivity contribution < 1.29 is 27.5 Å². The Hall–Kier alpha value is -3.44. The number of rotatable bonds is 11.